The van der Waals surface area contributed by atoms with Crippen LogP contribution in [-0.2, 0) is 10.0 Å². The first-order valence-corrected chi connectivity index (χ1v) is 13.6. The van der Waals surface area contributed by atoms with Crippen molar-refractivity contribution in [3.05, 3.63) is 53.4 Å². The van der Waals surface area contributed by atoms with Crippen molar-refractivity contribution in [1.29, 1.82) is 0 Å². The normalized spacial score (nSPS) is 15.3. The van der Waals surface area contributed by atoms with Gasteiger partial charge in [-0.05, 0) is 55.7 Å². The van der Waals surface area contributed by atoms with Crippen LogP contribution < -0.4 is 10.2 Å². The lowest BCUT2D eigenvalue weighted by Gasteiger charge is -2.20. The molecule has 2 N–H and O–H groups in total. The Labute approximate surface area is 204 Å². The first-order valence-electron chi connectivity index (χ1n) is 11.3. The smallest absolute Gasteiger partial charge is 0.243 e. The fourth-order valence-electron chi connectivity index (χ4n) is 3.75. The number of benzene rings is 2. The van der Waals surface area contributed by atoms with E-state index in [1.54, 1.807) is 46.9 Å². The summed E-state index contributed by atoms with van der Waals surface area (Å²) in [4.78, 5) is 4.84. The number of hydrogen-bond donors (Lipinski definition) is 2. The van der Waals surface area contributed by atoms with Crippen molar-refractivity contribution in [3.8, 4) is 22.8 Å². The largest absolute Gasteiger partial charge is 0.504 e. The van der Waals surface area contributed by atoms with E-state index in [1.165, 1.54) is 11.3 Å². The van der Waals surface area contributed by atoms with Gasteiger partial charge < -0.3 is 9.84 Å². The van der Waals surface area contributed by atoms with Gasteiger partial charge >= 0.3 is 0 Å². The fraction of sp³-hybridized carbons (Fsp3) is 0.333. The molecule has 1 aliphatic rings. The molecule has 1 aliphatic heterocycles. The van der Waals surface area contributed by atoms with Gasteiger partial charge in [0, 0.05) is 24.0 Å². The van der Waals surface area contributed by atoms with Crippen LogP contribution in [0.3, 0.4) is 0 Å². The minimum atomic E-state index is -3.52. The number of rotatable bonds is 8. The topological polar surface area (TPSA) is 104 Å². The average Bonchev–Trinajstić information content (AvgIpc) is 3.13. The van der Waals surface area contributed by atoms with E-state index < -0.39 is 10.0 Å². The maximum absolute atomic E-state index is 13.1. The molecular formula is C24H28N4O4S2. The van der Waals surface area contributed by atoms with Crippen LogP contribution in [0.15, 0.2) is 57.8 Å². The highest BCUT2D eigenvalue weighted by molar-refractivity contribution is 7.89. The first kappa shape index (κ1) is 24.2. The molecule has 2 heterocycles. The molecule has 2 aromatic carbocycles. The van der Waals surface area contributed by atoms with Crippen molar-refractivity contribution in [1.82, 2.24) is 9.29 Å². The van der Waals surface area contributed by atoms with Crippen LogP contribution >= 0.6 is 11.3 Å². The zero-order valence-corrected chi connectivity index (χ0v) is 20.6. The number of sulfonamides is 1. The number of hydrazone groups is 1. The maximum atomic E-state index is 13.1. The first-order chi connectivity index (χ1) is 16.5. The molecule has 3 aromatic rings. The number of thiazole rings is 1. The van der Waals surface area contributed by atoms with Gasteiger partial charge in [-0.15, -0.1) is 11.3 Å². The summed E-state index contributed by atoms with van der Waals surface area (Å²) in [6.07, 6.45) is 5.56. The molecule has 180 valence electrons. The predicted molar refractivity (Wildman–Crippen MR) is 135 cm³/mol. The highest BCUT2D eigenvalue weighted by atomic mass is 32.2. The van der Waals surface area contributed by atoms with E-state index in [9.17, 15) is 13.5 Å². The van der Waals surface area contributed by atoms with E-state index in [4.69, 9.17) is 4.74 Å². The van der Waals surface area contributed by atoms with Gasteiger partial charge in [-0.1, -0.05) is 25.0 Å². The molecule has 1 fully saturated rings. The predicted octanol–water partition coefficient (Wildman–Crippen LogP) is 4.93. The number of anilines is 1. The Balaban J connectivity index is 1.46. The van der Waals surface area contributed by atoms with Crippen molar-refractivity contribution in [2.45, 2.75) is 37.5 Å². The fourth-order valence-corrected chi connectivity index (χ4v) is 5.98. The number of nitrogens with one attached hydrogen (secondary N) is 1. The van der Waals surface area contributed by atoms with Gasteiger partial charge in [0.15, 0.2) is 11.5 Å². The second-order valence-corrected chi connectivity index (χ2v) is 10.7. The van der Waals surface area contributed by atoms with Crippen LogP contribution in [0.4, 0.5) is 5.13 Å². The molecule has 0 radical (unpaired) electrons. The lowest BCUT2D eigenvalue weighted by atomic mass is 10.2. The summed E-state index contributed by atoms with van der Waals surface area (Å²) in [6.45, 7) is 3.45. The van der Waals surface area contributed by atoms with E-state index in [-0.39, 0.29) is 5.75 Å². The molecule has 0 unspecified atom stereocenters. The number of phenolic OH excluding ortho intramolecular Hbond substituents is 1. The van der Waals surface area contributed by atoms with Gasteiger partial charge in [0.05, 0.1) is 23.4 Å². The Bertz CT molecular complexity index is 1250. The lowest BCUT2D eigenvalue weighted by molar-refractivity contribution is 0.318. The van der Waals surface area contributed by atoms with Crippen LogP contribution in [0, 0.1) is 0 Å². The summed E-state index contributed by atoms with van der Waals surface area (Å²) in [6, 6.07) is 11.9. The molecule has 10 heteroatoms. The Morgan fingerprint density at radius 1 is 1.18 bits per heavy atom. The molecule has 8 nitrogen and oxygen atoms in total. The average molecular weight is 501 g/mol. The lowest BCUT2D eigenvalue weighted by Crippen LogP contribution is -2.31. The third kappa shape index (κ3) is 5.75. The summed E-state index contributed by atoms with van der Waals surface area (Å²) in [5.41, 5.74) is 5.08. The van der Waals surface area contributed by atoms with E-state index in [0.717, 1.165) is 36.8 Å². The zero-order chi connectivity index (χ0) is 24.0. The monoisotopic (exact) mass is 500 g/mol. The van der Waals surface area contributed by atoms with Gasteiger partial charge in [-0.3, -0.25) is 5.43 Å². The number of hydrogen-bond acceptors (Lipinski definition) is 8. The zero-order valence-electron chi connectivity index (χ0n) is 19.0. The number of ether oxygens (including phenoxy) is 1. The minimum Gasteiger partial charge on any atom is -0.504 e. The van der Waals surface area contributed by atoms with Gasteiger partial charge in [-0.25, -0.2) is 13.4 Å². The van der Waals surface area contributed by atoms with E-state index >= 15 is 0 Å². The summed E-state index contributed by atoms with van der Waals surface area (Å²) in [5.74, 6) is 0.481. The Morgan fingerprint density at radius 2 is 1.97 bits per heavy atom. The molecule has 0 amide bonds. The van der Waals surface area contributed by atoms with Crippen molar-refractivity contribution in [3.63, 3.8) is 0 Å². The summed E-state index contributed by atoms with van der Waals surface area (Å²) in [7, 11) is -3.52. The molecule has 4 rings (SSSR count). The van der Waals surface area contributed by atoms with E-state index in [0.29, 0.717) is 41.2 Å². The molecule has 0 saturated carbocycles. The third-order valence-corrected chi connectivity index (χ3v) is 8.14. The van der Waals surface area contributed by atoms with Crippen LogP contribution in [0.2, 0.25) is 0 Å². The molecular weight excluding hydrogens is 472 g/mol. The van der Waals surface area contributed by atoms with Gasteiger partial charge in [0.1, 0.15) is 0 Å². The van der Waals surface area contributed by atoms with Crippen LogP contribution in [0.1, 0.15) is 38.2 Å². The summed E-state index contributed by atoms with van der Waals surface area (Å²) < 4.78 is 33.3. The van der Waals surface area contributed by atoms with Crippen molar-refractivity contribution >= 4 is 32.7 Å². The standard InChI is InChI=1S/C24H28N4O4S2/c1-2-32-23-14-18(10-11-22(23)29)16-25-27-24-26-21(17-33-24)19-8-7-9-20(15-19)34(30,31)28-12-5-3-4-6-13-28/h7-11,14-17,29H,2-6,12-13H2,1H3,(H,26,27)/b25-16+. The molecule has 0 aliphatic carbocycles. The molecule has 1 aromatic heterocycles. The minimum absolute atomic E-state index is 0.0802. The summed E-state index contributed by atoms with van der Waals surface area (Å²) in [5, 5.41) is 16.5. The quantitative estimate of drug-likeness (QED) is 0.336. The molecule has 1 saturated heterocycles. The van der Waals surface area contributed by atoms with Crippen molar-refractivity contribution in [2.75, 3.05) is 25.1 Å². The second-order valence-electron chi connectivity index (χ2n) is 7.91. The molecule has 0 atom stereocenters. The van der Waals surface area contributed by atoms with Crippen LogP contribution in [-0.4, -0.2) is 48.7 Å². The van der Waals surface area contributed by atoms with Gasteiger partial charge in [-0.2, -0.15) is 9.41 Å². The van der Waals surface area contributed by atoms with Crippen molar-refractivity contribution < 1.29 is 18.3 Å². The van der Waals surface area contributed by atoms with E-state index in [2.05, 4.69) is 15.5 Å². The molecule has 0 spiro atoms. The SMILES string of the molecule is CCOc1cc(/C=N/Nc2nc(-c3cccc(S(=O)(=O)N4CCCCCC4)c3)cs2)ccc1O. The molecule has 0 bridgehead atoms. The van der Waals surface area contributed by atoms with Crippen LogP contribution in [0.5, 0.6) is 11.5 Å². The Kier molecular flexibility index (Phi) is 7.81. The Hall–Kier alpha value is -2.95. The van der Waals surface area contributed by atoms with Gasteiger partial charge in [0.2, 0.25) is 15.2 Å². The molecule has 34 heavy (non-hydrogen) atoms. The summed E-state index contributed by atoms with van der Waals surface area (Å²) >= 11 is 1.38. The highest BCUT2D eigenvalue weighted by Crippen LogP contribution is 2.29. The number of nitrogens with zero attached hydrogens (tertiary/aromatic N) is 3. The number of aromatic nitrogens is 1. The second kappa shape index (κ2) is 11.0. The maximum Gasteiger partial charge on any atom is 0.243 e. The Morgan fingerprint density at radius 3 is 2.74 bits per heavy atom. The van der Waals surface area contributed by atoms with E-state index in [1.807, 2.05) is 18.4 Å². The highest BCUT2D eigenvalue weighted by Gasteiger charge is 2.25. The number of aromatic hydroxyl groups is 1. The van der Waals surface area contributed by atoms with Crippen LogP contribution in [0.25, 0.3) is 11.3 Å². The third-order valence-electron chi connectivity index (χ3n) is 5.49. The van der Waals surface area contributed by atoms with Gasteiger partial charge in [0.25, 0.3) is 0 Å². The van der Waals surface area contributed by atoms with Crippen molar-refractivity contribution in [2.24, 2.45) is 5.10 Å². The number of phenols is 1.